The summed E-state index contributed by atoms with van der Waals surface area (Å²) in [6.45, 7) is 4.16. The van der Waals surface area contributed by atoms with Gasteiger partial charge in [-0.25, -0.2) is 4.39 Å². The summed E-state index contributed by atoms with van der Waals surface area (Å²) in [7, 11) is 1.82. The van der Waals surface area contributed by atoms with Crippen LogP contribution in [0.4, 0.5) is 4.39 Å². The Bertz CT molecular complexity index is 536. The van der Waals surface area contributed by atoms with Crippen molar-refractivity contribution in [1.82, 2.24) is 20.1 Å². The minimum atomic E-state index is -0.287. The number of nitrogens with zero attached hydrogens (tertiary/aromatic N) is 3. The van der Waals surface area contributed by atoms with Crippen LogP contribution in [0.5, 0.6) is 0 Å². The van der Waals surface area contributed by atoms with Crippen molar-refractivity contribution in [1.29, 1.82) is 0 Å². The highest BCUT2D eigenvalue weighted by Crippen LogP contribution is 2.19. The van der Waals surface area contributed by atoms with Gasteiger partial charge in [-0.3, -0.25) is 9.67 Å². The summed E-state index contributed by atoms with van der Waals surface area (Å²) in [6, 6.07) is 3.91. The molecular weight excluding hydrogens is 243 g/mol. The predicted octanol–water partition coefficient (Wildman–Crippen LogP) is 2.50. The van der Waals surface area contributed by atoms with Crippen molar-refractivity contribution in [3.05, 3.63) is 47.8 Å². The van der Waals surface area contributed by atoms with Crippen molar-refractivity contribution in [2.45, 2.75) is 32.4 Å². The van der Waals surface area contributed by atoms with E-state index in [0.29, 0.717) is 18.0 Å². The van der Waals surface area contributed by atoms with E-state index in [1.165, 1.54) is 6.20 Å². The number of halogens is 1. The van der Waals surface area contributed by atoms with Gasteiger partial charge in [-0.1, -0.05) is 0 Å². The van der Waals surface area contributed by atoms with Gasteiger partial charge in [-0.15, -0.1) is 0 Å². The lowest BCUT2D eigenvalue weighted by Gasteiger charge is -2.15. The molecule has 0 saturated heterocycles. The first-order valence-electron chi connectivity index (χ1n) is 6.42. The number of rotatable bonds is 5. The van der Waals surface area contributed by atoms with Gasteiger partial charge in [-0.05, 0) is 33.0 Å². The van der Waals surface area contributed by atoms with Crippen LogP contribution in [0.3, 0.4) is 0 Å². The number of nitrogens with one attached hydrogen (secondary N) is 1. The molecule has 2 aromatic heterocycles. The Kier molecular flexibility index (Phi) is 4.27. The molecule has 1 unspecified atom stereocenters. The van der Waals surface area contributed by atoms with Gasteiger partial charge in [0.1, 0.15) is 5.82 Å². The Balaban J connectivity index is 2.17. The predicted molar refractivity (Wildman–Crippen MR) is 72.3 cm³/mol. The minimum absolute atomic E-state index is 0.0986. The Hall–Kier alpha value is -1.75. The highest BCUT2D eigenvalue weighted by Gasteiger charge is 2.16. The van der Waals surface area contributed by atoms with Crippen LogP contribution in [0, 0.1) is 5.82 Å². The highest BCUT2D eigenvalue weighted by atomic mass is 19.1. The van der Waals surface area contributed by atoms with E-state index in [4.69, 9.17) is 0 Å². The molecule has 2 rings (SSSR count). The fraction of sp³-hybridized carbons (Fsp3) is 0.429. The normalized spacial score (nSPS) is 12.9. The number of hydrogen-bond acceptors (Lipinski definition) is 3. The summed E-state index contributed by atoms with van der Waals surface area (Å²) >= 11 is 0. The number of hydrogen-bond donors (Lipinski definition) is 1. The first kappa shape index (κ1) is 13.7. The molecule has 0 aliphatic rings. The van der Waals surface area contributed by atoms with E-state index in [1.807, 2.05) is 24.0 Å². The third kappa shape index (κ3) is 3.17. The molecule has 0 spiro atoms. The second-order valence-corrected chi connectivity index (χ2v) is 4.82. The molecule has 2 heterocycles. The molecule has 0 radical (unpaired) electrons. The molecule has 5 heteroatoms. The molecule has 0 bridgehead atoms. The zero-order chi connectivity index (χ0) is 13.8. The van der Waals surface area contributed by atoms with Gasteiger partial charge in [0.05, 0.1) is 11.9 Å². The maximum atomic E-state index is 13.7. The van der Waals surface area contributed by atoms with Gasteiger partial charge >= 0.3 is 0 Å². The second kappa shape index (κ2) is 5.93. The highest BCUT2D eigenvalue weighted by molar-refractivity contribution is 5.19. The summed E-state index contributed by atoms with van der Waals surface area (Å²) in [5, 5.41) is 7.62. The van der Waals surface area contributed by atoms with E-state index in [9.17, 15) is 4.39 Å². The molecule has 0 amide bonds. The largest absolute Gasteiger partial charge is 0.313 e. The van der Waals surface area contributed by atoms with Gasteiger partial charge in [0.2, 0.25) is 0 Å². The molecule has 0 fully saturated rings. The lowest BCUT2D eigenvalue weighted by atomic mass is 10.0. The standard InChI is InChI=1S/C14H19FN4/c1-10(2)19-7-5-11(18-19)8-14(16-3)12-4-6-17-9-13(12)15/h4-7,9-10,14,16H,8H2,1-3H3. The first-order chi connectivity index (χ1) is 9.11. The fourth-order valence-electron chi connectivity index (χ4n) is 2.02. The van der Waals surface area contributed by atoms with Crippen molar-refractivity contribution in [3.63, 3.8) is 0 Å². The average molecular weight is 262 g/mol. The average Bonchev–Trinajstić information content (AvgIpc) is 2.86. The van der Waals surface area contributed by atoms with Crippen LogP contribution in [0.25, 0.3) is 0 Å². The molecule has 2 aromatic rings. The van der Waals surface area contributed by atoms with Gasteiger partial charge in [0.15, 0.2) is 0 Å². The smallest absolute Gasteiger partial charge is 0.146 e. The van der Waals surface area contributed by atoms with Crippen LogP contribution < -0.4 is 5.32 Å². The molecule has 102 valence electrons. The van der Waals surface area contributed by atoms with Crippen LogP contribution in [-0.4, -0.2) is 21.8 Å². The molecule has 19 heavy (non-hydrogen) atoms. The van der Waals surface area contributed by atoms with Crippen LogP contribution in [0.2, 0.25) is 0 Å². The number of aromatic nitrogens is 3. The first-order valence-corrected chi connectivity index (χ1v) is 6.42. The van der Waals surface area contributed by atoms with Gasteiger partial charge in [-0.2, -0.15) is 5.10 Å². The zero-order valence-electron chi connectivity index (χ0n) is 11.5. The third-order valence-corrected chi connectivity index (χ3v) is 3.13. The lowest BCUT2D eigenvalue weighted by molar-refractivity contribution is 0.503. The molecule has 1 N–H and O–H groups in total. The summed E-state index contributed by atoms with van der Waals surface area (Å²) in [5.74, 6) is -0.287. The van der Waals surface area contributed by atoms with Gasteiger partial charge < -0.3 is 5.32 Å². The number of likely N-dealkylation sites (N-methyl/N-ethyl adjacent to an activating group) is 1. The van der Waals surface area contributed by atoms with Crippen molar-refractivity contribution >= 4 is 0 Å². The number of pyridine rings is 1. The topological polar surface area (TPSA) is 42.7 Å². The quantitative estimate of drug-likeness (QED) is 0.900. The van der Waals surface area contributed by atoms with Crippen LogP contribution in [-0.2, 0) is 6.42 Å². The molecule has 0 saturated carbocycles. The summed E-state index contributed by atoms with van der Waals surface area (Å²) < 4.78 is 15.6. The van der Waals surface area contributed by atoms with E-state index in [2.05, 4.69) is 29.2 Å². The molecule has 4 nitrogen and oxygen atoms in total. The molecular formula is C14H19FN4. The molecule has 0 aliphatic carbocycles. The van der Waals surface area contributed by atoms with Crippen LogP contribution >= 0.6 is 0 Å². The van der Waals surface area contributed by atoms with Crippen molar-refractivity contribution in [3.8, 4) is 0 Å². The summed E-state index contributed by atoms with van der Waals surface area (Å²) in [6.07, 6.45) is 5.45. The fourth-order valence-corrected chi connectivity index (χ4v) is 2.02. The molecule has 1 atom stereocenters. The Morgan fingerprint density at radius 2 is 2.16 bits per heavy atom. The third-order valence-electron chi connectivity index (χ3n) is 3.13. The second-order valence-electron chi connectivity index (χ2n) is 4.82. The lowest BCUT2D eigenvalue weighted by Crippen LogP contribution is -2.20. The van der Waals surface area contributed by atoms with Crippen LogP contribution in [0.1, 0.15) is 37.2 Å². The zero-order valence-corrected chi connectivity index (χ0v) is 11.5. The van der Waals surface area contributed by atoms with Crippen molar-refractivity contribution in [2.24, 2.45) is 0 Å². The van der Waals surface area contributed by atoms with E-state index >= 15 is 0 Å². The van der Waals surface area contributed by atoms with E-state index in [-0.39, 0.29) is 11.9 Å². The Morgan fingerprint density at radius 1 is 1.37 bits per heavy atom. The molecule has 0 aromatic carbocycles. The van der Waals surface area contributed by atoms with Crippen molar-refractivity contribution < 1.29 is 4.39 Å². The van der Waals surface area contributed by atoms with Gasteiger partial charge in [0.25, 0.3) is 0 Å². The van der Waals surface area contributed by atoms with Gasteiger partial charge in [0, 0.05) is 36.5 Å². The molecule has 0 aliphatic heterocycles. The monoisotopic (exact) mass is 262 g/mol. The van der Waals surface area contributed by atoms with E-state index < -0.39 is 0 Å². The van der Waals surface area contributed by atoms with Crippen molar-refractivity contribution in [2.75, 3.05) is 7.05 Å². The Morgan fingerprint density at radius 3 is 2.74 bits per heavy atom. The minimum Gasteiger partial charge on any atom is -0.313 e. The Labute approximate surface area is 112 Å². The maximum absolute atomic E-state index is 13.7. The summed E-state index contributed by atoms with van der Waals surface area (Å²) in [5.41, 5.74) is 1.57. The SMILES string of the molecule is CNC(Cc1ccn(C(C)C)n1)c1ccncc1F. The van der Waals surface area contributed by atoms with Crippen LogP contribution in [0.15, 0.2) is 30.7 Å². The maximum Gasteiger partial charge on any atom is 0.146 e. The summed E-state index contributed by atoms with van der Waals surface area (Å²) in [4.78, 5) is 3.77. The van der Waals surface area contributed by atoms with E-state index in [1.54, 1.807) is 12.3 Å². The van der Waals surface area contributed by atoms with E-state index in [0.717, 1.165) is 5.69 Å².